The van der Waals surface area contributed by atoms with Gasteiger partial charge >= 0.3 is 0 Å². The number of hydrogen-bond acceptors (Lipinski definition) is 2. The lowest BCUT2D eigenvalue weighted by Gasteiger charge is -2.35. The topological polar surface area (TPSA) is 40.5 Å². The van der Waals surface area contributed by atoms with Gasteiger partial charge in [0.05, 0.1) is 0 Å². The molecule has 0 aliphatic carbocycles. The molecule has 208 valence electrons. The summed E-state index contributed by atoms with van der Waals surface area (Å²) in [4.78, 5) is 0. The van der Waals surface area contributed by atoms with E-state index in [2.05, 4.69) is 121 Å². The zero-order chi connectivity index (χ0) is 28.8. The highest BCUT2D eigenvalue weighted by molar-refractivity contribution is 5.51. The molecule has 0 saturated heterocycles. The van der Waals surface area contributed by atoms with Gasteiger partial charge in [-0.3, -0.25) is 0 Å². The van der Waals surface area contributed by atoms with Gasteiger partial charge in [-0.25, -0.2) is 0 Å². The zero-order valence-electron chi connectivity index (χ0n) is 26.5. The zero-order valence-corrected chi connectivity index (χ0v) is 26.5. The van der Waals surface area contributed by atoms with Crippen LogP contribution in [0.5, 0.6) is 11.5 Å². The lowest BCUT2D eigenvalue weighted by atomic mass is 9.69. The molecule has 37 heavy (non-hydrogen) atoms. The molecule has 2 aromatic rings. The third-order valence-corrected chi connectivity index (χ3v) is 8.23. The molecule has 0 fully saturated rings. The molecule has 2 N–H and O–H groups in total. The minimum Gasteiger partial charge on any atom is -0.507 e. The third-order valence-electron chi connectivity index (χ3n) is 8.23. The van der Waals surface area contributed by atoms with Crippen molar-refractivity contribution >= 4 is 0 Å². The van der Waals surface area contributed by atoms with Gasteiger partial charge in [-0.05, 0) is 86.1 Å². The SMILES string of the molecule is CCC(CC)(Cc1cc(C(C)(C)C)c(O)c(C(C)(C)C)c1)Cc1cc(C(C)(C)C)c(O)c(C(C)(C)C)c1. The van der Waals surface area contributed by atoms with E-state index >= 15 is 0 Å². The summed E-state index contributed by atoms with van der Waals surface area (Å²) in [5.74, 6) is 0.899. The average molecular weight is 509 g/mol. The number of phenolic OH excluding ortho intramolecular Hbond substituents is 2. The fraction of sp³-hybridized carbons (Fsp3) is 0.657. The van der Waals surface area contributed by atoms with E-state index in [-0.39, 0.29) is 27.1 Å². The highest BCUT2D eigenvalue weighted by Gasteiger charge is 2.33. The van der Waals surface area contributed by atoms with E-state index < -0.39 is 0 Å². The molecular weight excluding hydrogens is 452 g/mol. The molecule has 0 saturated carbocycles. The second kappa shape index (κ2) is 10.3. The van der Waals surface area contributed by atoms with Crippen molar-refractivity contribution in [1.29, 1.82) is 0 Å². The fourth-order valence-electron chi connectivity index (χ4n) is 5.56. The smallest absolute Gasteiger partial charge is 0.123 e. The first-order chi connectivity index (χ1) is 16.6. The van der Waals surface area contributed by atoms with Gasteiger partial charge in [0, 0.05) is 0 Å². The van der Waals surface area contributed by atoms with Gasteiger partial charge < -0.3 is 10.2 Å². The molecule has 0 aliphatic rings. The van der Waals surface area contributed by atoms with E-state index in [1.54, 1.807) is 0 Å². The van der Waals surface area contributed by atoms with Crippen LogP contribution in [-0.2, 0) is 34.5 Å². The van der Waals surface area contributed by atoms with E-state index in [0.717, 1.165) is 47.9 Å². The molecule has 2 nitrogen and oxygen atoms in total. The number of hydrogen-bond donors (Lipinski definition) is 2. The summed E-state index contributed by atoms with van der Waals surface area (Å²) in [5.41, 5.74) is 6.28. The van der Waals surface area contributed by atoms with Gasteiger partial charge in [-0.15, -0.1) is 0 Å². The first-order valence-corrected chi connectivity index (χ1v) is 14.3. The standard InChI is InChI=1S/C35H56O2/c1-15-35(16-2,21-23-17-25(31(3,4)5)29(36)26(18-23)32(6,7)8)22-24-19-27(33(9,10)11)30(37)28(20-24)34(12,13)14/h17-20,36-37H,15-16,21-22H2,1-14H3. The summed E-state index contributed by atoms with van der Waals surface area (Å²) in [6.45, 7) is 30.8. The largest absolute Gasteiger partial charge is 0.507 e. The van der Waals surface area contributed by atoms with E-state index in [9.17, 15) is 10.2 Å². The molecule has 0 bridgehead atoms. The summed E-state index contributed by atoms with van der Waals surface area (Å²) >= 11 is 0. The molecule has 0 amide bonds. The monoisotopic (exact) mass is 508 g/mol. The lowest BCUT2D eigenvalue weighted by Crippen LogP contribution is -2.27. The lowest BCUT2D eigenvalue weighted by molar-refractivity contribution is 0.256. The highest BCUT2D eigenvalue weighted by atomic mass is 16.3. The second-order valence-electron chi connectivity index (χ2n) is 15.6. The maximum absolute atomic E-state index is 11.2. The first-order valence-electron chi connectivity index (χ1n) is 14.3. The van der Waals surface area contributed by atoms with E-state index in [1.807, 2.05) is 0 Å². The van der Waals surface area contributed by atoms with Crippen LogP contribution in [0.3, 0.4) is 0 Å². The predicted molar refractivity (Wildman–Crippen MR) is 161 cm³/mol. The Balaban J connectivity index is 2.69. The molecule has 0 aromatic heterocycles. The van der Waals surface area contributed by atoms with Gasteiger partial charge in [0.15, 0.2) is 0 Å². The Morgan fingerprint density at radius 3 is 0.838 bits per heavy atom. The quantitative estimate of drug-likeness (QED) is 0.407. The van der Waals surface area contributed by atoms with Crippen LogP contribution in [0.4, 0.5) is 0 Å². The molecule has 2 rings (SSSR count). The van der Waals surface area contributed by atoms with Crippen LogP contribution in [0, 0.1) is 5.41 Å². The van der Waals surface area contributed by atoms with Gasteiger partial charge in [0.1, 0.15) is 11.5 Å². The predicted octanol–water partition coefficient (Wildman–Crippen LogP) is 9.88. The van der Waals surface area contributed by atoms with Crippen molar-refractivity contribution in [2.45, 2.75) is 144 Å². The average Bonchev–Trinajstić information content (AvgIpc) is 2.72. The van der Waals surface area contributed by atoms with Crippen LogP contribution >= 0.6 is 0 Å². The van der Waals surface area contributed by atoms with Crippen LogP contribution in [0.25, 0.3) is 0 Å². The third kappa shape index (κ3) is 7.12. The van der Waals surface area contributed by atoms with E-state index in [4.69, 9.17) is 0 Å². The molecule has 0 radical (unpaired) electrons. The molecule has 0 unspecified atom stereocenters. The van der Waals surface area contributed by atoms with Crippen LogP contribution < -0.4 is 0 Å². The van der Waals surface area contributed by atoms with Crippen molar-refractivity contribution in [3.63, 3.8) is 0 Å². The Bertz CT molecular complexity index is 933. The number of phenols is 2. The van der Waals surface area contributed by atoms with Crippen molar-refractivity contribution in [3.05, 3.63) is 57.6 Å². The molecule has 0 aliphatic heterocycles. The summed E-state index contributed by atoms with van der Waals surface area (Å²) in [6.07, 6.45) is 4.05. The van der Waals surface area contributed by atoms with Crippen LogP contribution in [-0.4, -0.2) is 10.2 Å². The van der Waals surface area contributed by atoms with Crippen LogP contribution in [0.2, 0.25) is 0 Å². The van der Waals surface area contributed by atoms with Crippen LogP contribution in [0.15, 0.2) is 24.3 Å². The van der Waals surface area contributed by atoms with Gasteiger partial charge in [0.2, 0.25) is 0 Å². The molecule has 2 heteroatoms. The molecule has 0 heterocycles. The van der Waals surface area contributed by atoms with E-state index in [0.29, 0.717) is 11.5 Å². The van der Waals surface area contributed by atoms with Crippen molar-refractivity contribution in [2.24, 2.45) is 5.41 Å². The number of aromatic hydroxyl groups is 2. The minimum absolute atomic E-state index is 0.0859. The maximum Gasteiger partial charge on any atom is 0.123 e. The van der Waals surface area contributed by atoms with Crippen molar-refractivity contribution in [3.8, 4) is 11.5 Å². The second-order valence-corrected chi connectivity index (χ2v) is 15.6. The molecule has 0 spiro atoms. The highest BCUT2D eigenvalue weighted by Crippen LogP contribution is 2.45. The number of rotatable bonds is 6. The summed E-state index contributed by atoms with van der Waals surface area (Å²) in [5, 5.41) is 22.5. The Hall–Kier alpha value is -1.96. The molecular formula is C35H56O2. The minimum atomic E-state index is -0.138. The fourth-order valence-corrected chi connectivity index (χ4v) is 5.56. The van der Waals surface area contributed by atoms with Gasteiger partial charge in [-0.2, -0.15) is 0 Å². The van der Waals surface area contributed by atoms with Crippen molar-refractivity contribution < 1.29 is 10.2 Å². The Labute approximate surface area is 228 Å². The Morgan fingerprint density at radius 1 is 0.459 bits per heavy atom. The van der Waals surface area contributed by atoms with Crippen LogP contribution in [0.1, 0.15) is 143 Å². The normalized spacial score (nSPS) is 13.8. The Morgan fingerprint density at radius 2 is 0.676 bits per heavy atom. The Kier molecular flexibility index (Phi) is 8.71. The van der Waals surface area contributed by atoms with E-state index in [1.165, 1.54) is 11.1 Å². The number of benzene rings is 2. The molecule has 2 aromatic carbocycles. The summed E-state index contributed by atoms with van der Waals surface area (Å²) in [7, 11) is 0. The van der Waals surface area contributed by atoms with Gasteiger partial charge in [0.25, 0.3) is 0 Å². The van der Waals surface area contributed by atoms with Crippen molar-refractivity contribution in [2.75, 3.05) is 0 Å². The van der Waals surface area contributed by atoms with Crippen molar-refractivity contribution in [1.82, 2.24) is 0 Å². The van der Waals surface area contributed by atoms with Gasteiger partial charge in [-0.1, -0.05) is 121 Å². The summed E-state index contributed by atoms with van der Waals surface area (Å²) in [6, 6.07) is 9.01. The maximum atomic E-state index is 11.2. The molecule has 0 atom stereocenters. The first kappa shape index (κ1) is 31.3. The summed E-state index contributed by atoms with van der Waals surface area (Å²) < 4.78 is 0.